The maximum atomic E-state index is 12.0. The van der Waals surface area contributed by atoms with Crippen LogP contribution in [0.4, 0.5) is 5.82 Å². The summed E-state index contributed by atoms with van der Waals surface area (Å²) in [5.74, 6) is 1.09. The minimum absolute atomic E-state index is 0.212. The van der Waals surface area contributed by atoms with Crippen LogP contribution in [0.15, 0.2) is 24.5 Å². The molecule has 130 valence electrons. The van der Waals surface area contributed by atoms with Crippen LogP contribution < -0.4 is 4.90 Å². The van der Waals surface area contributed by atoms with Gasteiger partial charge in [0.1, 0.15) is 5.82 Å². The first kappa shape index (κ1) is 16.0. The Morgan fingerprint density at radius 3 is 2.72 bits per heavy atom. The molecule has 1 N–H and O–H groups in total. The highest BCUT2D eigenvalue weighted by atomic mass is 16.4. The number of aromatic nitrogens is 3. The second-order valence-electron chi connectivity index (χ2n) is 7.25. The maximum Gasteiger partial charge on any atom is 0.311 e. The smallest absolute Gasteiger partial charge is 0.311 e. The molecule has 2 aromatic rings. The first-order chi connectivity index (χ1) is 12.0. The Morgan fingerprint density at radius 2 is 2.04 bits per heavy atom. The number of hydrogen-bond donors (Lipinski definition) is 1. The molecule has 2 atom stereocenters. The van der Waals surface area contributed by atoms with Crippen LogP contribution in [0.25, 0.3) is 11.4 Å². The summed E-state index contributed by atoms with van der Waals surface area (Å²) < 4.78 is 0. The Morgan fingerprint density at radius 1 is 1.28 bits per heavy atom. The van der Waals surface area contributed by atoms with E-state index in [1.807, 2.05) is 26.0 Å². The van der Waals surface area contributed by atoms with E-state index in [4.69, 9.17) is 4.98 Å². The van der Waals surface area contributed by atoms with Crippen LogP contribution >= 0.6 is 0 Å². The molecule has 0 bridgehead atoms. The van der Waals surface area contributed by atoms with Gasteiger partial charge in [0.05, 0.1) is 5.41 Å². The van der Waals surface area contributed by atoms with Gasteiger partial charge in [0.15, 0.2) is 5.82 Å². The van der Waals surface area contributed by atoms with Crippen molar-refractivity contribution in [2.24, 2.45) is 11.3 Å². The summed E-state index contributed by atoms with van der Waals surface area (Å²) >= 11 is 0. The number of fused-ring (bicyclic) bond motifs is 1. The summed E-state index contributed by atoms with van der Waals surface area (Å²) in [6.07, 6.45) is 6.22. The van der Waals surface area contributed by atoms with Gasteiger partial charge in [0, 0.05) is 42.3 Å². The van der Waals surface area contributed by atoms with E-state index in [9.17, 15) is 9.90 Å². The molecule has 2 fully saturated rings. The molecule has 0 aromatic carbocycles. The van der Waals surface area contributed by atoms with E-state index in [0.29, 0.717) is 12.4 Å². The molecule has 2 aromatic heterocycles. The highest BCUT2D eigenvalue weighted by Crippen LogP contribution is 2.50. The molecular weight excluding hydrogens is 316 g/mol. The first-order valence-corrected chi connectivity index (χ1v) is 8.75. The van der Waals surface area contributed by atoms with Crippen LogP contribution in [0.2, 0.25) is 0 Å². The number of aliphatic carboxylic acids is 1. The highest BCUT2D eigenvalue weighted by molar-refractivity contribution is 5.78. The van der Waals surface area contributed by atoms with Gasteiger partial charge in [-0.3, -0.25) is 9.78 Å². The Kier molecular flexibility index (Phi) is 3.71. The molecule has 1 saturated carbocycles. The van der Waals surface area contributed by atoms with Crippen molar-refractivity contribution in [2.75, 3.05) is 18.0 Å². The van der Waals surface area contributed by atoms with Gasteiger partial charge in [-0.05, 0) is 44.7 Å². The standard InChI is InChI=1S/C19H22N4O2/c1-12-13(2)21-16(14-5-8-20-9-6-14)22-17(12)23-10-15-4-3-7-19(15,11-23)18(24)25/h5-6,8-9,15H,3-4,7,10-11H2,1-2H3,(H,24,25)/t15-,19+/m0/s1. The topological polar surface area (TPSA) is 79.2 Å². The van der Waals surface area contributed by atoms with Gasteiger partial charge in [-0.15, -0.1) is 0 Å². The first-order valence-electron chi connectivity index (χ1n) is 8.75. The maximum absolute atomic E-state index is 12.0. The summed E-state index contributed by atoms with van der Waals surface area (Å²) in [5, 5.41) is 9.83. The van der Waals surface area contributed by atoms with Crippen LogP contribution in [-0.2, 0) is 4.79 Å². The van der Waals surface area contributed by atoms with E-state index in [0.717, 1.165) is 48.4 Å². The van der Waals surface area contributed by atoms with Gasteiger partial charge < -0.3 is 10.0 Å². The van der Waals surface area contributed by atoms with Crippen molar-refractivity contribution < 1.29 is 9.90 Å². The van der Waals surface area contributed by atoms with Crippen molar-refractivity contribution in [3.05, 3.63) is 35.8 Å². The molecule has 0 unspecified atom stereocenters. The number of carboxylic acids is 1. The van der Waals surface area contributed by atoms with E-state index >= 15 is 0 Å². The van der Waals surface area contributed by atoms with Gasteiger partial charge in [-0.1, -0.05) is 6.42 Å². The summed E-state index contributed by atoms with van der Waals surface area (Å²) in [7, 11) is 0. The largest absolute Gasteiger partial charge is 0.481 e. The number of rotatable bonds is 3. The van der Waals surface area contributed by atoms with Crippen LogP contribution in [-0.4, -0.2) is 39.1 Å². The molecule has 25 heavy (non-hydrogen) atoms. The highest BCUT2D eigenvalue weighted by Gasteiger charge is 2.55. The van der Waals surface area contributed by atoms with Crippen LogP contribution in [0.3, 0.4) is 0 Å². The quantitative estimate of drug-likeness (QED) is 0.927. The molecule has 6 nitrogen and oxygen atoms in total. The van der Waals surface area contributed by atoms with Crippen molar-refractivity contribution in [1.82, 2.24) is 15.0 Å². The number of carbonyl (C=O) groups is 1. The number of anilines is 1. The lowest BCUT2D eigenvalue weighted by Crippen LogP contribution is -2.36. The lowest BCUT2D eigenvalue weighted by Gasteiger charge is -2.25. The average molecular weight is 338 g/mol. The predicted octanol–water partition coefficient (Wildman–Crippen LogP) is 2.85. The average Bonchev–Trinajstić information content (AvgIpc) is 3.16. The van der Waals surface area contributed by atoms with E-state index in [2.05, 4.69) is 14.9 Å². The van der Waals surface area contributed by atoms with Crippen molar-refractivity contribution in [2.45, 2.75) is 33.1 Å². The third-order valence-electron chi connectivity index (χ3n) is 5.90. The third kappa shape index (κ3) is 2.47. The summed E-state index contributed by atoms with van der Waals surface area (Å²) in [4.78, 5) is 27.6. The summed E-state index contributed by atoms with van der Waals surface area (Å²) in [6, 6.07) is 3.79. The fraction of sp³-hybridized carbons (Fsp3) is 0.474. The predicted molar refractivity (Wildman–Crippen MR) is 94.4 cm³/mol. The normalized spacial score (nSPS) is 25.2. The minimum Gasteiger partial charge on any atom is -0.481 e. The van der Waals surface area contributed by atoms with E-state index < -0.39 is 11.4 Å². The molecule has 1 aliphatic heterocycles. The Labute approximate surface area is 147 Å². The van der Waals surface area contributed by atoms with Crippen molar-refractivity contribution in [3.8, 4) is 11.4 Å². The molecule has 0 amide bonds. The van der Waals surface area contributed by atoms with E-state index in [1.54, 1.807) is 12.4 Å². The van der Waals surface area contributed by atoms with Gasteiger partial charge in [0.25, 0.3) is 0 Å². The van der Waals surface area contributed by atoms with Crippen molar-refractivity contribution >= 4 is 11.8 Å². The minimum atomic E-state index is -0.657. The van der Waals surface area contributed by atoms with Crippen LogP contribution in [0.1, 0.15) is 30.5 Å². The van der Waals surface area contributed by atoms with E-state index in [1.165, 1.54) is 0 Å². The van der Waals surface area contributed by atoms with Crippen molar-refractivity contribution in [1.29, 1.82) is 0 Å². The second kappa shape index (κ2) is 5.79. The monoisotopic (exact) mass is 338 g/mol. The zero-order valence-corrected chi connectivity index (χ0v) is 14.6. The molecule has 6 heteroatoms. The molecule has 3 heterocycles. The second-order valence-corrected chi connectivity index (χ2v) is 7.25. The number of nitrogens with zero attached hydrogens (tertiary/aromatic N) is 4. The Balaban J connectivity index is 1.74. The van der Waals surface area contributed by atoms with Gasteiger partial charge >= 0.3 is 5.97 Å². The van der Waals surface area contributed by atoms with Crippen LogP contribution in [0, 0.1) is 25.2 Å². The SMILES string of the molecule is Cc1nc(-c2ccncc2)nc(N2C[C@@H]3CCC[C@@]3(C(=O)O)C2)c1C. The molecule has 0 radical (unpaired) electrons. The number of carboxylic acid groups (broad SMARTS) is 1. The molecule has 4 rings (SSSR count). The fourth-order valence-electron chi connectivity index (χ4n) is 4.35. The summed E-state index contributed by atoms with van der Waals surface area (Å²) in [6.45, 7) is 5.30. The van der Waals surface area contributed by atoms with Gasteiger partial charge in [-0.2, -0.15) is 0 Å². The summed E-state index contributed by atoms with van der Waals surface area (Å²) in [5.41, 5.74) is 2.27. The molecule has 1 saturated heterocycles. The fourth-order valence-corrected chi connectivity index (χ4v) is 4.35. The van der Waals surface area contributed by atoms with Crippen molar-refractivity contribution in [3.63, 3.8) is 0 Å². The zero-order chi connectivity index (χ0) is 17.6. The number of hydrogen-bond acceptors (Lipinski definition) is 5. The van der Waals surface area contributed by atoms with E-state index in [-0.39, 0.29) is 5.92 Å². The zero-order valence-electron chi connectivity index (χ0n) is 14.6. The lowest BCUT2D eigenvalue weighted by atomic mass is 9.81. The molecular formula is C19H22N4O2. The van der Waals surface area contributed by atoms with Crippen LogP contribution in [0.5, 0.6) is 0 Å². The Hall–Kier alpha value is -2.50. The Bertz CT molecular complexity index is 824. The molecule has 2 aliphatic rings. The number of pyridine rings is 1. The van der Waals surface area contributed by atoms with Gasteiger partial charge in [0.2, 0.25) is 0 Å². The molecule has 0 spiro atoms. The number of aryl methyl sites for hydroxylation is 1. The lowest BCUT2D eigenvalue weighted by molar-refractivity contribution is -0.149. The third-order valence-corrected chi connectivity index (χ3v) is 5.90. The molecule has 1 aliphatic carbocycles. The van der Waals surface area contributed by atoms with Gasteiger partial charge in [-0.25, -0.2) is 9.97 Å².